The number of hydrogen-bond acceptors (Lipinski definition) is 6. The molecule has 1 aliphatic heterocycles. The Labute approximate surface area is 171 Å². The molecule has 3 aromatic rings. The van der Waals surface area contributed by atoms with Gasteiger partial charge in [-0.1, -0.05) is 25.0 Å². The molecule has 1 fully saturated rings. The highest BCUT2D eigenvalue weighted by Gasteiger charge is 2.27. The molecule has 150 valence electrons. The maximum atomic E-state index is 10.1. The van der Waals surface area contributed by atoms with Crippen molar-refractivity contribution in [3.8, 4) is 16.9 Å². The van der Waals surface area contributed by atoms with E-state index in [0.29, 0.717) is 5.69 Å². The Kier molecular flexibility index (Phi) is 5.43. The van der Waals surface area contributed by atoms with E-state index in [2.05, 4.69) is 24.0 Å². The molecule has 3 atom stereocenters. The highest BCUT2D eigenvalue weighted by Crippen LogP contribution is 2.34. The number of nitrogens with zero attached hydrogens (tertiary/aromatic N) is 2. The SMILES string of the molecule is CB(O)c1ccc(O[C@H]2C[C@@H](C)O[C@@H](C)C2)c(-c2ccc3c(N)cnnc3c2)c1. The molecule has 0 amide bonds. The molecule has 0 aliphatic carbocycles. The van der Waals surface area contributed by atoms with Crippen LogP contribution < -0.4 is 15.9 Å². The van der Waals surface area contributed by atoms with Crippen LogP contribution in [0, 0.1) is 0 Å². The third-order valence-electron chi connectivity index (χ3n) is 5.42. The molecule has 0 radical (unpaired) electrons. The topological polar surface area (TPSA) is 90.5 Å². The Balaban J connectivity index is 1.75. The highest BCUT2D eigenvalue weighted by molar-refractivity contribution is 6.64. The van der Waals surface area contributed by atoms with Gasteiger partial charge in [-0.2, -0.15) is 10.2 Å². The van der Waals surface area contributed by atoms with Gasteiger partial charge in [-0.25, -0.2) is 0 Å². The van der Waals surface area contributed by atoms with E-state index in [4.69, 9.17) is 15.2 Å². The van der Waals surface area contributed by atoms with E-state index in [1.807, 2.05) is 36.4 Å². The zero-order valence-electron chi connectivity index (χ0n) is 17.0. The van der Waals surface area contributed by atoms with E-state index in [-0.39, 0.29) is 18.3 Å². The molecule has 2 heterocycles. The number of hydrogen-bond donors (Lipinski definition) is 2. The Bertz CT molecular complexity index is 1020. The van der Waals surface area contributed by atoms with Crippen molar-refractivity contribution in [2.75, 3.05) is 5.73 Å². The van der Waals surface area contributed by atoms with Gasteiger partial charge in [0.1, 0.15) is 11.9 Å². The predicted molar refractivity (Wildman–Crippen MR) is 117 cm³/mol. The minimum absolute atomic E-state index is 0.0841. The first-order valence-electron chi connectivity index (χ1n) is 10.1. The van der Waals surface area contributed by atoms with Crippen molar-refractivity contribution in [1.29, 1.82) is 0 Å². The smallest absolute Gasteiger partial charge is 0.320 e. The first-order valence-corrected chi connectivity index (χ1v) is 10.1. The Morgan fingerprint density at radius 1 is 1.14 bits per heavy atom. The van der Waals surface area contributed by atoms with Gasteiger partial charge in [-0.15, -0.1) is 0 Å². The number of nitrogens with two attached hydrogens (primary N) is 1. The summed E-state index contributed by atoms with van der Waals surface area (Å²) >= 11 is 0. The average molecular weight is 391 g/mol. The van der Waals surface area contributed by atoms with Crippen LogP contribution in [0.25, 0.3) is 22.0 Å². The maximum Gasteiger partial charge on any atom is 0.320 e. The molecule has 4 rings (SSSR count). The lowest BCUT2D eigenvalue weighted by Crippen LogP contribution is -2.36. The van der Waals surface area contributed by atoms with Gasteiger partial charge in [0.2, 0.25) is 0 Å². The van der Waals surface area contributed by atoms with Crippen LogP contribution in [0.5, 0.6) is 5.75 Å². The summed E-state index contributed by atoms with van der Waals surface area (Å²) in [5, 5.41) is 19.1. The van der Waals surface area contributed by atoms with E-state index in [1.54, 1.807) is 13.0 Å². The summed E-state index contributed by atoms with van der Waals surface area (Å²) in [6, 6.07) is 11.7. The maximum absolute atomic E-state index is 10.1. The lowest BCUT2D eigenvalue weighted by atomic mass is 9.64. The van der Waals surface area contributed by atoms with Gasteiger partial charge in [-0.3, -0.25) is 0 Å². The summed E-state index contributed by atoms with van der Waals surface area (Å²) in [6.45, 7) is 5.35. The van der Waals surface area contributed by atoms with Gasteiger partial charge in [0.05, 0.1) is 29.6 Å². The number of ether oxygens (including phenoxy) is 2. The van der Waals surface area contributed by atoms with Crippen LogP contribution in [-0.4, -0.2) is 40.4 Å². The van der Waals surface area contributed by atoms with Crippen LogP contribution in [0.4, 0.5) is 5.69 Å². The van der Waals surface area contributed by atoms with Crippen LogP contribution in [0.1, 0.15) is 26.7 Å². The van der Waals surface area contributed by atoms with E-state index in [1.165, 1.54) is 0 Å². The second kappa shape index (κ2) is 8.01. The number of fused-ring (bicyclic) bond motifs is 1. The molecule has 7 heteroatoms. The number of benzene rings is 2. The van der Waals surface area contributed by atoms with Gasteiger partial charge >= 0.3 is 6.92 Å². The largest absolute Gasteiger partial charge is 0.490 e. The fourth-order valence-electron chi connectivity index (χ4n) is 4.00. The molecule has 0 saturated carbocycles. The number of rotatable bonds is 4. The zero-order valence-corrected chi connectivity index (χ0v) is 17.0. The first-order chi connectivity index (χ1) is 13.9. The van der Waals surface area contributed by atoms with Crippen molar-refractivity contribution >= 4 is 29.0 Å². The van der Waals surface area contributed by atoms with Crippen molar-refractivity contribution in [1.82, 2.24) is 10.2 Å². The van der Waals surface area contributed by atoms with Crippen LogP contribution in [0.2, 0.25) is 6.82 Å². The van der Waals surface area contributed by atoms with Crippen LogP contribution in [-0.2, 0) is 4.74 Å². The summed E-state index contributed by atoms with van der Waals surface area (Å²) in [7, 11) is 0. The van der Waals surface area contributed by atoms with E-state index >= 15 is 0 Å². The second-order valence-corrected chi connectivity index (χ2v) is 7.93. The fourth-order valence-corrected chi connectivity index (χ4v) is 4.00. The molecule has 1 aromatic heterocycles. The summed E-state index contributed by atoms with van der Waals surface area (Å²) in [5.74, 6) is 0.789. The summed E-state index contributed by atoms with van der Waals surface area (Å²) in [4.78, 5) is 0. The molecule has 6 nitrogen and oxygen atoms in total. The Morgan fingerprint density at radius 3 is 2.62 bits per heavy atom. The fraction of sp³-hybridized carbons (Fsp3) is 0.364. The Morgan fingerprint density at radius 2 is 1.90 bits per heavy atom. The van der Waals surface area contributed by atoms with Crippen molar-refractivity contribution in [3.05, 3.63) is 42.6 Å². The van der Waals surface area contributed by atoms with Crippen LogP contribution in [0.15, 0.2) is 42.6 Å². The standard InChI is InChI=1S/C22H26BN3O3/c1-13-8-17(9-14(2)28-13)29-22-7-5-16(23(3)27)11-19(22)15-4-6-18-20(24)12-25-26-21(18)10-15/h4-7,10-14,17,27H,8-9H2,1-3H3,(H2,24,26)/t13-,14+,17+. The van der Waals surface area contributed by atoms with Crippen molar-refractivity contribution in [2.24, 2.45) is 0 Å². The number of nitrogen functional groups attached to an aromatic ring is 1. The number of aromatic nitrogens is 2. The lowest BCUT2D eigenvalue weighted by Gasteiger charge is -2.32. The highest BCUT2D eigenvalue weighted by atomic mass is 16.5. The molecular weight excluding hydrogens is 365 g/mol. The van der Waals surface area contributed by atoms with Gasteiger partial charge < -0.3 is 20.2 Å². The predicted octanol–water partition coefficient (Wildman–Crippen LogP) is 3.03. The van der Waals surface area contributed by atoms with Gasteiger partial charge in [0.15, 0.2) is 0 Å². The van der Waals surface area contributed by atoms with Crippen molar-refractivity contribution in [2.45, 2.75) is 51.8 Å². The summed E-state index contributed by atoms with van der Waals surface area (Å²) < 4.78 is 12.3. The molecule has 1 aliphatic rings. The minimum atomic E-state index is -0.568. The molecule has 29 heavy (non-hydrogen) atoms. The molecule has 2 aromatic carbocycles. The number of anilines is 1. The average Bonchev–Trinajstić information content (AvgIpc) is 2.67. The van der Waals surface area contributed by atoms with E-state index < -0.39 is 6.92 Å². The monoisotopic (exact) mass is 391 g/mol. The van der Waals surface area contributed by atoms with E-state index in [9.17, 15) is 5.02 Å². The third kappa shape index (κ3) is 4.21. The van der Waals surface area contributed by atoms with Crippen molar-refractivity contribution < 1.29 is 14.5 Å². The second-order valence-electron chi connectivity index (χ2n) is 7.93. The minimum Gasteiger partial charge on any atom is -0.490 e. The molecule has 0 bridgehead atoms. The molecular formula is C22H26BN3O3. The summed E-state index contributed by atoms with van der Waals surface area (Å²) in [6.07, 6.45) is 3.67. The van der Waals surface area contributed by atoms with Gasteiger partial charge in [0, 0.05) is 23.8 Å². The van der Waals surface area contributed by atoms with Gasteiger partial charge in [-0.05, 0) is 43.1 Å². The zero-order chi connectivity index (χ0) is 20.5. The molecule has 1 saturated heterocycles. The lowest BCUT2D eigenvalue weighted by molar-refractivity contribution is -0.0720. The first kappa shape index (κ1) is 19.7. The van der Waals surface area contributed by atoms with Crippen molar-refractivity contribution in [3.63, 3.8) is 0 Å². The van der Waals surface area contributed by atoms with Gasteiger partial charge in [0.25, 0.3) is 0 Å². The Hall–Kier alpha value is -2.64. The molecule has 0 unspecified atom stereocenters. The third-order valence-corrected chi connectivity index (χ3v) is 5.42. The molecule has 3 N–H and O–H groups in total. The van der Waals surface area contributed by atoms with Crippen LogP contribution >= 0.6 is 0 Å². The van der Waals surface area contributed by atoms with Crippen LogP contribution in [0.3, 0.4) is 0 Å². The molecule has 0 spiro atoms. The summed E-state index contributed by atoms with van der Waals surface area (Å²) in [5.41, 5.74) is 10.0. The normalized spacial score (nSPS) is 21.9. The quantitative estimate of drug-likeness (QED) is 0.665. The van der Waals surface area contributed by atoms with E-state index in [0.717, 1.165) is 46.1 Å².